The van der Waals surface area contributed by atoms with Gasteiger partial charge in [0.05, 0.1) is 5.69 Å². The van der Waals surface area contributed by atoms with E-state index in [1.165, 1.54) is 0 Å². The Kier molecular flexibility index (Phi) is 5.23. The van der Waals surface area contributed by atoms with Crippen molar-refractivity contribution in [1.29, 1.82) is 0 Å². The van der Waals surface area contributed by atoms with E-state index in [1.54, 1.807) is 0 Å². The second-order valence-corrected chi connectivity index (χ2v) is 6.57. The molecule has 1 rings (SSSR count). The number of nitrogen functional groups attached to an aromatic ring is 1. The molecule has 0 aliphatic heterocycles. The highest BCUT2D eigenvalue weighted by atomic mass is 32.2. The average molecular weight is 323 g/mol. The van der Waals surface area contributed by atoms with E-state index in [4.69, 9.17) is 18.0 Å². The number of anilines is 1. The summed E-state index contributed by atoms with van der Waals surface area (Å²) in [6.45, 7) is 4.30. The minimum Gasteiger partial charge on any atom is -0.398 e. The van der Waals surface area contributed by atoms with Crippen molar-refractivity contribution in [2.45, 2.75) is 18.7 Å². The lowest BCUT2D eigenvalue weighted by molar-refractivity contribution is 0.505. The van der Waals surface area contributed by atoms with E-state index in [2.05, 4.69) is 5.32 Å². The second kappa shape index (κ2) is 6.31. The molecule has 0 fully saturated rings. The standard InChI is InChI=1S/C11H15F2N3O2S2/c1-6(2)5-15-11(19)16-20(17,18)10-4-8(13)7(12)3-9(10)14/h3-4,6H,5,14H2,1-2H3,(H2,15,16,19). The highest BCUT2D eigenvalue weighted by Gasteiger charge is 2.21. The van der Waals surface area contributed by atoms with Crippen LogP contribution in [0.3, 0.4) is 0 Å². The van der Waals surface area contributed by atoms with E-state index in [0.717, 1.165) is 0 Å². The molecule has 0 spiro atoms. The van der Waals surface area contributed by atoms with Gasteiger partial charge in [-0.1, -0.05) is 13.8 Å². The fourth-order valence-corrected chi connectivity index (χ4v) is 2.75. The summed E-state index contributed by atoms with van der Waals surface area (Å²) in [5.41, 5.74) is 4.98. The van der Waals surface area contributed by atoms with E-state index in [1.807, 2.05) is 18.6 Å². The third-order valence-electron chi connectivity index (χ3n) is 2.24. The summed E-state index contributed by atoms with van der Waals surface area (Å²) < 4.78 is 52.0. The first-order valence-electron chi connectivity index (χ1n) is 5.68. The summed E-state index contributed by atoms with van der Waals surface area (Å²) in [6.07, 6.45) is 0. The van der Waals surface area contributed by atoms with Gasteiger partial charge in [-0.2, -0.15) is 0 Å². The highest BCUT2D eigenvalue weighted by Crippen LogP contribution is 2.21. The van der Waals surface area contributed by atoms with Gasteiger partial charge in [0.25, 0.3) is 10.0 Å². The van der Waals surface area contributed by atoms with Gasteiger partial charge in [-0.25, -0.2) is 17.2 Å². The number of hydrogen-bond acceptors (Lipinski definition) is 4. The first-order valence-corrected chi connectivity index (χ1v) is 7.57. The van der Waals surface area contributed by atoms with E-state index in [-0.39, 0.29) is 11.0 Å². The molecule has 9 heteroatoms. The van der Waals surface area contributed by atoms with Crippen LogP contribution in [0.1, 0.15) is 13.8 Å². The minimum atomic E-state index is -4.16. The van der Waals surface area contributed by atoms with E-state index in [9.17, 15) is 17.2 Å². The van der Waals surface area contributed by atoms with Crippen molar-refractivity contribution in [3.63, 3.8) is 0 Å². The van der Waals surface area contributed by atoms with Crippen molar-refractivity contribution in [3.05, 3.63) is 23.8 Å². The van der Waals surface area contributed by atoms with Gasteiger partial charge in [-0.3, -0.25) is 4.72 Å². The highest BCUT2D eigenvalue weighted by molar-refractivity contribution is 7.92. The van der Waals surface area contributed by atoms with Crippen LogP contribution >= 0.6 is 12.2 Å². The van der Waals surface area contributed by atoms with Gasteiger partial charge < -0.3 is 11.1 Å². The van der Waals surface area contributed by atoms with Crippen LogP contribution in [-0.4, -0.2) is 20.1 Å². The lowest BCUT2D eigenvalue weighted by Gasteiger charge is -2.13. The number of nitrogens with two attached hydrogens (primary N) is 1. The molecule has 0 bridgehead atoms. The quantitative estimate of drug-likeness (QED) is 0.575. The van der Waals surface area contributed by atoms with Crippen LogP contribution in [0.2, 0.25) is 0 Å². The van der Waals surface area contributed by atoms with Gasteiger partial charge >= 0.3 is 0 Å². The molecule has 0 amide bonds. The molecule has 1 aromatic carbocycles. The van der Waals surface area contributed by atoms with Crippen molar-refractivity contribution >= 4 is 33.0 Å². The van der Waals surface area contributed by atoms with Crippen molar-refractivity contribution in [2.75, 3.05) is 12.3 Å². The summed E-state index contributed by atoms with van der Waals surface area (Å²) >= 11 is 4.81. The van der Waals surface area contributed by atoms with Crippen LogP contribution in [-0.2, 0) is 10.0 Å². The summed E-state index contributed by atoms with van der Waals surface area (Å²) in [5.74, 6) is -2.27. The summed E-state index contributed by atoms with van der Waals surface area (Å²) in [5, 5.41) is 2.55. The Morgan fingerprint density at radius 3 is 2.45 bits per heavy atom. The van der Waals surface area contributed by atoms with Gasteiger partial charge in [-0.05, 0) is 24.2 Å². The topological polar surface area (TPSA) is 84.2 Å². The normalized spacial score (nSPS) is 11.4. The Balaban J connectivity index is 2.95. The largest absolute Gasteiger partial charge is 0.398 e. The molecule has 0 saturated carbocycles. The fourth-order valence-electron chi connectivity index (χ4n) is 1.29. The van der Waals surface area contributed by atoms with Crippen LogP contribution < -0.4 is 15.8 Å². The molecule has 0 heterocycles. The monoisotopic (exact) mass is 323 g/mol. The molecule has 1 aromatic rings. The number of halogens is 2. The molecule has 0 aromatic heterocycles. The number of thiocarbonyl (C=S) groups is 1. The van der Waals surface area contributed by atoms with Gasteiger partial charge in [0, 0.05) is 12.6 Å². The molecule has 4 N–H and O–H groups in total. The van der Waals surface area contributed by atoms with Gasteiger partial charge in [0.2, 0.25) is 0 Å². The lowest BCUT2D eigenvalue weighted by Crippen LogP contribution is -2.40. The fraction of sp³-hybridized carbons (Fsp3) is 0.364. The maximum Gasteiger partial charge on any atom is 0.265 e. The summed E-state index contributed by atoms with van der Waals surface area (Å²) in [7, 11) is -4.16. The number of rotatable bonds is 4. The summed E-state index contributed by atoms with van der Waals surface area (Å²) in [4.78, 5) is -0.565. The maximum atomic E-state index is 13.1. The number of nitrogens with one attached hydrogen (secondary N) is 2. The third-order valence-corrected chi connectivity index (χ3v) is 4.02. The van der Waals surface area contributed by atoms with Crippen LogP contribution in [0.25, 0.3) is 0 Å². The van der Waals surface area contributed by atoms with Crippen molar-refractivity contribution in [1.82, 2.24) is 10.0 Å². The Morgan fingerprint density at radius 1 is 1.35 bits per heavy atom. The molecule has 0 saturated heterocycles. The van der Waals surface area contributed by atoms with Gasteiger partial charge in [-0.15, -0.1) is 0 Å². The van der Waals surface area contributed by atoms with Crippen molar-refractivity contribution in [3.8, 4) is 0 Å². The smallest absolute Gasteiger partial charge is 0.265 e. The van der Waals surface area contributed by atoms with E-state index < -0.39 is 32.2 Å². The Hall–Kier alpha value is -1.48. The second-order valence-electron chi connectivity index (χ2n) is 4.51. The van der Waals surface area contributed by atoms with Crippen molar-refractivity contribution < 1.29 is 17.2 Å². The molecule has 0 atom stereocenters. The molecule has 0 unspecified atom stereocenters. The first kappa shape index (κ1) is 16.6. The molecule has 112 valence electrons. The first-order chi connectivity index (χ1) is 9.13. The van der Waals surface area contributed by atoms with Gasteiger partial charge in [0.1, 0.15) is 4.90 Å². The predicted octanol–water partition coefficient (Wildman–Crippen LogP) is 1.36. The zero-order chi connectivity index (χ0) is 15.5. The Bertz CT molecular complexity index is 618. The zero-order valence-corrected chi connectivity index (χ0v) is 12.5. The predicted molar refractivity (Wildman–Crippen MR) is 76.5 cm³/mol. The van der Waals surface area contributed by atoms with Crippen LogP contribution in [0.5, 0.6) is 0 Å². The van der Waals surface area contributed by atoms with E-state index >= 15 is 0 Å². The van der Waals surface area contributed by atoms with Crippen LogP contribution in [0, 0.1) is 17.6 Å². The number of sulfonamides is 1. The minimum absolute atomic E-state index is 0.136. The SMILES string of the molecule is CC(C)CNC(=S)NS(=O)(=O)c1cc(F)c(F)cc1N. The summed E-state index contributed by atoms with van der Waals surface area (Å²) in [6, 6.07) is 1.12. The maximum absolute atomic E-state index is 13.1. The van der Waals surface area contributed by atoms with Crippen molar-refractivity contribution in [2.24, 2.45) is 5.92 Å². The molecular weight excluding hydrogens is 308 g/mol. The molecule has 0 aliphatic carbocycles. The lowest BCUT2D eigenvalue weighted by atomic mass is 10.2. The average Bonchev–Trinajstić information content (AvgIpc) is 2.30. The number of hydrogen-bond donors (Lipinski definition) is 3. The Labute approximate surface area is 121 Å². The third kappa shape index (κ3) is 4.27. The van der Waals surface area contributed by atoms with Crippen LogP contribution in [0.15, 0.2) is 17.0 Å². The molecule has 5 nitrogen and oxygen atoms in total. The number of benzene rings is 1. The molecule has 20 heavy (non-hydrogen) atoms. The van der Waals surface area contributed by atoms with E-state index in [0.29, 0.717) is 18.7 Å². The Morgan fingerprint density at radius 2 is 1.90 bits per heavy atom. The zero-order valence-electron chi connectivity index (χ0n) is 10.9. The van der Waals surface area contributed by atoms with Gasteiger partial charge in [0.15, 0.2) is 16.7 Å². The molecule has 0 aliphatic rings. The van der Waals surface area contributed by atoms with Crippen LogP contribution in [0.4, 0.5) is 14.5 Å². The molecule has 0 radical (unpaired) electrons. The molecular formula is C11H15F2N3O2S2.